The zero-order valence-electron chi connectivity index (χ0n) is 11.8. The average Bonchev–Trinajstić information content (AvgIpc) is 2.48. The second-order valence-electron chi connectivity index (χ2n) is 5.50. The minimum Gasteiger partial charge on any atom is -0.459 e. The number of hydrogen-bond acceptors (Lipinski definition) is 4. The van der Waals surface area contributed by atoms with E-state index in [0.717, 1.165) is 38.0 Å². The van der Waals surface area contributed by atoms with E-state index in [0.29, 0.717) is 5.92 Å². The van der Waals surface area contributed by atoms with Crippen LogP contribution in [0.3, 0.4) is 0 Å². The van der Waals surface area contributed by atoms with Gasteiger partial charge >= 0.3 is 5.97 Å². The van der Waals surface area contributed by atoms with Crippen molar-refractivity contribution in [2.45, 2.75) is 25.0 Å². The molecular formula is C15H22Cl2N2O2. The lowest BCUT2D eigenvalue weighted by molar-refractivity contribution is -0.160. The molecule has 4 nitrogen and oxygen atoms in total. The van der Waals surface area contributed by atoms with Gasteiger partial charge in [0.1, 0.15) is 12.1 Å². The fraction of sp³-hybridized carbons (Fsp3) is 0.533. The number of carbonyl (C=O) groups is 1. The number of hydrogen-bond donors (Lipinski definition) is 1. The molecule has 0 amide bonds. The summed E-state index contributed by atoms with van der Waals surface area (Å²) < 4.78 is 5.64. The molecule has 0 aliphatic carbocycles. The number of ether oxygens (including phenoxy) is 1. The Morgan fingerprint density at radius 3 is 2.33 bits per heavy atom. The molecule has 3 heterocycles. The van der Waals surface area contributed by atoms with Crippen LogP contribution in [0, 0.1) is 5.92 Å². The van der Waals surface area contributed by atoms with Crippen LogP contribution in [0.4, 0.5) is 0 Å². The van der Waals surface area contributed by atoms with Gasteiger partial charge in [0.25, 0.3) is 0 Å². The second kappa shape index (κ2) is 7.99. The van der Waals surface area contributed by atoms with E-state index >= 15 is 0 Å². The van der Waals surface area contributed by atoms with Gasteiger partial charge in [-0.3, -0.25) is 4.90 Å². The van der Waals surface area contributed by atoms with Crippen LogP contribution in [0.5, 0.6) is 0 Å². The molecule has 1 aromatic rings. The summed E-state index contributed by atoms with van der Waals surface area (Å²) in [5.41, 5.74) is 6.78. The van der Waals surface area contributed by atoms with Crippen molar-refractivity contribution in [2.75, 3.05) is 19.6 Å². The standard InChI is InChI=1S/C15H20N2O2.2ClH/c16-14(12-4-2-1-3-5-12)15(18)19-13-10-17-8-6-11(13)7-9-17;;/h1-5,11,13-14H,6-10,16H2;2*1H. The Bertz CT molecular complexity index is 450. The van der Waals surface area contributed by atoms with Crippen LogP contribution < -0.4 is 5.73 Å². The molecule has 0 spiro atoms. The zero-order chi connectivity index (χ0) is 13.2. The first kappa shape index (κ1) is 18.2. The Morgan fingerprint density at radius 2 is 1.81 bits per heavy atom. The summed E-state index contributed by atoms with van der Waals surface area (Å²) in [6.45, 7) is 3.16. The fourth-order valence-corrected chi connectivity index (χ4v) is 3.06. The number of halogens is 2. The van der Waals surface area contributed by atoms with Crippen molar-refractivity contribution in [1.29, 1.82) is 0 Å². The predicted octanol–water partition coefficient (Wildman–Crippen LogP) is 2.17. The van der Waals surface area contributed by atoms with Crippen molar-refractivity contribution in [3.05, 3.63) is 35.9 Å². The Labute approximate surface area is 137 Å². The van der Waals surface area contributed by atoms with Crippen LogP contribution in [-0.4, -0.2) is 36.6 Å². The maximum Gasteiger partial charge on any atom is 0.327 e. The van der Waals surface area contributed by atoms with Crippen LogP contribution in [-0.2, 0) is 9.53 Å². The zero-order valence-corrected chi connectivity index (χ0v) is 13.4. The van der Waals surface area contributed by atoms with Crippen molar-refractivity contribution in [3.8, 4) is 0 Å². The highest BCUT2D eigenvalue weighted by Gasteiger charge is 2.37. The third-order valence-electron chi connectivity index (χ3n) is 4.28. The molecule has 21 heavy (non-hydrogen) atoms. The lowest BCUT2D eigenvalue weighted by atomic mass is 9.86. The first-order valence-corrected chi connectivity index (χ1v) is 6.97. The van der Waals surface area contributed by atoms with Gasteiger partial charge < -0.3 is 10.5 Å². The topological polar surface area (TPSA) is 55.6 Å². The maximum atomic E-state index is 12.1. The number of piperidine rings is 3. The molecule has 0 saturated carbocycles. The van der Waals surface area contributed by atoms with Gasteiger partial charge in [0.05, 0.1) is 0 Å². The number of rotatable bonds is 3. The summed E-state index contributed by atoms with van der Waals surface area (Å²) in [6, 6.07) is 8.74. The Kier molecular flexibility index (Phi) is 6.94. The minimum absolute atomic E-state index is 0. The highest BCUT2D eigenvalue weighted by molar-refractivity contribution is 5.85. The third-order valence-corrected chi connectivity index (χ3v) is 4.28. The molecule has 118 valence electrons. The van der Waals surface area contributed by atoms with Crippen LogP contribution in [0.2, 0.25) is 0 Å². The molecule has 3 saturated heterocycles. The molecule has 4 rings (SSSR count). The molecule has 2 N–H and O–H groups in total. The monoisotopic (exact) mass is 332 g/mol. The van der Waals surface area contributed by atoms with Crippen LogP contribution in [0.25, 0.3) is 0 Å². The molecular weight excluding hydrogens is 311 g/mol. The van der Waals surface area contributed by atoms with Crippen molar-refractivity contribution in [3.63, 3.8) is 0 Å². The SMILES string of the molecule is Cl.Cl.NC(C(=O)OC1CN2CCC1CC2)c1ccccc1. The Balaban J connectivity index is 0.00000110. The van der Waals surface area contributed by atoms with Crippen molar-refractivity contribution < 1.29 is 9.53 Å². The largest absolute Gasteiger partial charge is 0.459 e. The summed E-state index contributed by atoms with van der Waals surface area (Å²) in [5, 5.41) is 0. The number of nitrogens with zero attached hydrogens (tertiary/aromatic N) is 1. The summed E-state index contributed by atoms with van der Waals surface area (Å²) >= 11 is 0. The molecule has 2 atom stereocenters. The summed E-state index contributed by atoms with van der Waals surface area (Å²) in [4.78, 5) is 14.5. The molecule has 1 aromatic carbocycles. The molecule has 2 bridgehead atoms. The van der Waals surface area contributed by atoms with Gasteiger partial charge in [-0.2, -0.15) is 0 Å². The Morgan fingerprint density at radius 1 is 1.19 bits per heavy atom. The Hall–Kier alpha value is -0.810. The quantitative estimate of drug-likeness (QED) is 0.862. The molecule has 6 heteroatoms. The van der Waals surface area contributed by atoms with Crippen molar-refractivity contribution in [2.24, 2.45) is 11.7 Å². The summed E-state index contributed by atoms with van der Waals surface area (Å²) in [7, 11) is 0. The van der Waals surface area contributed by atoms with Crippen LogP contribution in [0.15, 0.2) is 30.3 Å². The number of fused-ring (bicyclic) bond motifs is 3. The first-order chi connectivity index (χ1) is 9.24. The predicted molar refractivity (Wildman–Crippen MR) is 86.9 cm³/mol. The summed E-state index contributed by atoms with van der Waals surface area (Å²) in [5.74, 6) is 0.224. The van der Waals surface area contributed by atoms with E-state index in [1.807, 2.05) is 30.3 Å². The van der Waals surface area contributed by atoms with E-state index in [2.05, 4.69) is 4.90 Å². The number of nitrogens with two attached hydrogens (primary N) is 1. The van der Waals surface area contributed by atoms with E-state index in [4.69, 9.17) is 10.5 Å². The lowest BCUT2D eigenvalue weighted by Crippen LogP contribution is -2.52. The van der Waals surface area contributed by atoms with E-state index in [-0.39, 0.29) is 36.9 Å². The van der Waals surface area contributed by atoms with Crippen LogP contribution in [0.1, 0.15) is 24.4 Å². The van der Waals surface area contributed by atoms with E-state index in [9.17, 15) is 4.79 Å². The smallest absolute Gasteiger partial charge is 0.327 e. The van der Waals surface area contributed by atoms with Gasteiger partial charge in [-0.15, -0.1) is 24.8 Å². The molecule has 0 aromatic heterocycles. The molecule has 0 radical (unpaired) electrons. The van der Waals surface area contributed by atoms with E-state index in [1.54, 1.807) is 0 Å². The fourth-order valence-electron chi connectivity index (χ4n) is 3.06. The number of benzene rings is 1. The maximum absolute atomic E-state index is 12.1. The number of esters is 1. The highest BCUT2D eigenvalue weighted by Crippen LogP contribution is 2.30. The van der Waals surface area contributed by atoms with E-state index in [1.165, 1.54) is 0 Å². The van der Waals surface area contributed by atoms with Gasteiger partial charge in [0, 0.05) is 6.54 Å². The van der Waals surface area contributed by atoms with Crippen molar-refractivity contribution >= 4 is 30.8 Å². The molecule has 3 fully saturated rings. The molecule has 3 aliphatic heterocycles. The van der Waals surface area contributed by atoms with Gasteiger partial charge in [-0.1, -0.05) is 30.3 Å². The third kappa shape index (κ3) is 4.10. The second-order valence-corrected chi connectivity index (χ2v) is 5.50. The lowest BCUT2D eigenvalue weighted by Gasteiger charge is -2.44. The number of carbonyl (C=O) groups excluding carboxylic acids is 1. The molecule has 3 aliphatic rings. The van der Waals surface area contributed by atoms with Crippen LogP contribution >= 0.6 is 24.8 Å². The minimum atomic E-state index is -0.670. The highest BCUT2D eigenvalue weighted by atomic mass is 35.5. The van der Waals surface area contributed by atoms with Gasteiger partial charge in [-0.05, 0) is 37.4 Å². The van der Waals surface area contributed by atoms with Gasteiger partial charge in [-0.25, -0.2) is 4.79 Å². The van der Waals surface area contributed by atoms with Gasteiger partial charge in [0.2, 0.25) is 0 Å². The molecule has 2 unspecified atom stereocenters. The van der Waals surface area contributed by atoms with E-state index < -0.39 is 6.04 Å². The first-order valence-electron chi connectivity index (χ1n) is 6.97. The van der Waals surface area contributed by atoms with Crippen molar-refractivity contribution in [1.82, 2.24) is 4.90 Å². The average molecular weight is 333 g/mol. The van der Waals surface area contributed by atoms with Gasteiger partial charge in [0.15, 0.2) is 0 Å². The summed E-state index contributed by atoms with van der Waals surface area (Å²) in [6.07, 6.45) is 2.31. The normalized spacial score (nSPS) is 28.0.